The first-order valence-corrected chi connectivity index (χ1v) is 8.53. The molecule has 0 saturated heterocycles. The number of nitrogens with one attached hydrogen (secondary N) is 2. The molecule has 2 aromatic rings. The highest BCUT2D eigenvalue weighted by Crippen LogP contribution is 2.32. The van der Waals surface area contributed by atoms with E-state index in [4.69, 9.17) is 0 Å². The van der Waals surface area contributed by atoms with Crippen molar-refractivity contribution in [1.82, 2.24) is 9.97 Å². The van der Waals surface area contributed by atoms with Gasteiger partial charge >= 0.3 is 0 Å². The van der Waals surface area contributed by atoms with Crippen LogP contribution in [-0.4, -0.2) is 34.8 Å². The molecule has 1 aliphatic carbocycles. The van der Waals surface area contributed by atoms with Crippen LogP contribution in [0.25, 0.3) is 10.2 Å². The second-order valence-electron chi connectivity index (χ2n) is 5.58. The van der Waals surface area contributed by atoms with Gasteiger partial charge in [-0.25, -0.2) is 4.98 Å². The molecular weight excluding hydrogens is 284 g/mol. The molecule has 1 saturated carbocycles. The van der Waals surface area contributed by atoms with Crippen molar-refractivity contribution in [3.63, 3.8) is 0 Å². The lowest BCUT2D eigenvalue weighted by Crippen LogP contribution is -2.21. The first-order valence-electron chi connectivity index (χ1n) is 7.65. The first-order chi connectivity index (χ1) is 10.3. The van der Waals surface area contributed by atoms with Gasteiger partial charge in [0.2, 0.25) is 5.95 Å². The summed E-state index contributed by atoms with van der Waals surface area (Å²) in [4.78, 5) is 10.1. The summed E-state index contributed by atoms with van der Waals surface area (Å²) >= 11 is 1.63. The van der Waals surface area contributed by atoms with Gasteiger partial charge in [0.05, 0.1) is 5.39 Å². The number of rotatable bonds is 6. The molecule has 1 aliphatic rings. The van der Waals surface area contributed by atoms with Crippen molar-refractivity contribution in [3.05, 3.63) is 11.4 Å². The normalized spacial score (nSPS) is 21.8. The van der Waals surface area contributed by atoms with Gasteiger partial charge in [0.1, 0.15) is 10.6 Å². The van der Waals surface area contributed by atoms with E-state index in [1.165, 1.54) is 12.8 Å². The fourth-order valence-electron chi connectivity index (χ4n) is 3.08. The van der Waals surface area contributed by atoms with Gasteiger partial charge in [-0.2, -0.15) is 4.98 Å². The van der Waals surface area contributed by atoms with Gasteiger partial charge in [0.25, 0.3) is 0 Å². The number of thiophene rings is 1. The summed E-state index contributed by atoms with van der Waals surface area (Å²) < 4.78 is 0. The van der Waals surface area contributed by atoms with Crippen LogP contribution >= 0.6 is 11.3 Å². The Hall–Kier alpha value is -1.40. The third kappa shape index (κ3) is 3.11. The van der Waals surface area contributed by atoms with Crippen LogP contribution in [0, 0.1) is 11.8 Å². The highest BCUT2D eigenvalue weighted by Gasteiger charge is 2.26. The van der Waals surface area contributed by atoms with Crippen molar-refractivity contribution in [1.29, 1.82) is 0 Å². The molecular formula is C15H22N4OS. The monoisotopic (exact) mass is 306 g/mol. The number of aliphatic hydroxyl groups is 1. The van der Waals surface area contributed by atoms with Gasteiger partial charge in [-0.1, -0.05) is 6.42 Å². The fraction of sp³-hybridized carbons (Fsp3) is 0.600. The van der Waals surface area contributed by atoms with Crippen molar-refractivity contribution < 1.29 is 5.11 Å². The first kappa shape index (κ1) is 14.5. The Morgan fingerprint density at radius 3 is 2.95 bits per heavy atom. The van der Waals surface area contributed by atoms with Crippen molar-refractivity contribution in [3.8, 4) is 0 Å². The molecule has 0 aliphatic heterocycles. The molecule has 1 fully saturated rings. The van der Waals surface area contributed by atoms with Crippen LogP contribution in [0.5, 0.6) is 0 Å². The largest absolute Gasteiger partial charge is 0.396 e. The molecule has 2 unspecified atom stereocenters. The summed E-state index contributed by atoms with van der Waals surface area (Å²) in [5.74, 6) is 2.56. The third-order valence-corrected chi connectivity index (χ3v) is 5.05. The maximum absolute atomic E-state index is 9.42. The van der Waals surface area contributed by atoms with E-state index in [9.17, 15) is 5.11 Å². The SMILES string of the molecule is CCNc1nc(NCC2CCCC2CO)c2ccsc2n1. The lowest BCUT2D eigenvalue weighted by molar-refractivity contribution is 0.199. The van der Waals surface area contributed by atoms with E-state index in [1.807, 2.05) is 12.3 Å². The average molecular weight is 306 g/mol. The van der Waals surface area contributed by atoms with E-state index in [2.05, 4.69) is 26.7 Å². The molecule has 0 radical (unpaired) electrons. The van der Waals surface area contributed by atoms with Crippen LogP contribution in [-0.2, 0) is 0 Å². The minimum Gasteiger partial charge on any atom is -0.396 e. The highest BCUT2D eigenvalue weighted by molar-refractivity contribution is 7.16. The van der Waals surface area contributed by atoms with E-state index in [-0.39, 0.29) is 0 Å². The number of nitrogens with zero attached hydrogens (tertiary/aromatic N) is 2. The van der Waals surface area contributed by atoms with Crippen LogP contribution in [0.1, 0.15) is 26.2 Å². The standard InChI is InChI=1S/C15H22N4OS/c1-2-16-15-18-13(12-6-7-21-14(12)19-15)17-8-10-4-3-5-11(10)9-20/h6-7,10-11,20H,2-5,8-9H2,1H3,(H2,16,17,18,19). The number of anilines is 2. The Bertz CT molecular complexity index is 600. The van der Waals surface area contributed by atoms with Gasteiger partial charge in [0, 0.05) is 19.7 Å². The van der Waals surface area contributed by atoms with Gasteiger partial charge in [-0.05, 0) is 43.0 Å². The molecule has 3 rings (SSSR count). The predicted molar refractivity (Wildman–Crippen MR) is 88.0 cm³/mol. The van der Waals surface area contributed by atoms with Crippen LogP contribution in [0.15, 0.2) is 11.4 Å². The summed E-state index contributed by atoms with van der Waals surface area (Å²) in [6, 6.07) is 2.07. The van der Waals surface area contributed by atoms with Crippen molar-refractivity contribution in [2.45, 2.75) is 26.2 Å². The molecule has 21 heavy (non-hydrogen) atoms. The second-order valence-corrected chi connectivity index (χ2v) is 6.47. The Labute approximate surface area is 128 Å². The minimum atomic E-state index is 0.298. The highest BCUT2D eigenvalue weighted by atomic mass is 32.1. The molecule has 0 aromatic carbocycles. The Morgan fingerprint density at radius 2 is 2.14 bits per heavy atom. The van der Waals surface area contributed by atoms with Gasteiger partial charge in [-0.15, -0.1) is 11.3 Å². The molecule has 0 bridgehead atoms. The average Bonchev–Trinajstić information content (AvgIpc) is 3.13. The fourth-order valence-corrected chi connectivity index (χ4v) is 3.84. The van der Waals surface area contributed by atoms with Gasteiger partial charge in [0.15, 0.2) is 0 Å². The number of aliphatic hydroxyl groups excluding tert-OH is 1. The molecule has 0 spiro atoms. The third-order valence-electron chi connectivity index (χ3n) is 4.24. The quantitative estimate of drug-likeness (QED) is 0.765. The maximum atomic E-state index is 9.42. The summed E-state index contributed by atoms with van der Waals surface area (Å²) in [5.41, 5.74) is 0. The van der Waals surface area contributed by atoms with Crippen LogP contribution in [0.4, 0.5) is 11.8 Å². The van der Waals surface area contributed by atoms with E-state index in [0.717, 1.165) is 35.5 Å². The van der Waals surface area contributed by atoms with Crippen LogP contribution < -0.4 is 10.6 Å². The molecule has 114 valence electrons. The smallest absolute Gasteiger partial charge is 0.226 e. The minimum absolute atomic E-state index is 0.298. The zero-order valence-corrected chi connectivity index (χ0v) is 13.1. The lowest BCUT2D eigenvalue weighted by atomic mass is 9.97. The Morgan fingerprint density at radius 1 is 1.29 bits per heavy atom. The summed E-state index contributed by atoms with van der Waals surface area (Å²) in [7, 11) is 0. The van der Waals surface area contributed by atoms with E-state index >= 15 is 0 Å². The summed E-state index contributed by atoms with van der Waals surface area (Å²) in [5, 5.41) is 19.2. The number of fused-ring (bicyclic) bond motifs is 1. The molecule has 6 heteroatoms. The molecule has 2 heterocycles. The van der Waals surface area contributed by atoms with Crippen molar-refractivity contribution in [2.24, 2.45) is 11.8 Å². The Kier molecular flexibility index (Phi) is 4.55. The topological polar surface area (TPSA) is 70.1 Å². The zero-order valence-electron chi connectivity index (χ0n) is 12.3. The van der Waals surface area contributed by atoms with E-state index in [1.54, 1.807) is 11.3 Å². The van der Waals surface area contributed by atoms with Crippen LogP contribution in [0.2, 0.25) is 0 Å². The predicted octanol–water partition coefficient (Wildman–Crippen LogP) is 2.94. The van der Waals surface area contributed by atoms with E-state index in [0.29, 0.717) is 24.4 Å². The van der Waals surface area contributed by atoms with Crippen molar-refractivity contribution >= 4 is 33.3 Å². The summed E-state index contributed by atoms with van der Waals surface area (Å²) in [6.07, 6.45) is 3.55. The molecule has 3 N–H and O–H groups in total. The van der Waals surface area contributed by atoms with Crippen molar-refractivity contribution in [2.75, 3.05) is 30.3 Å². The number of hydrogen-bond acceptors (Lipinski definition) is 6. The Balaban J connectivity index is 1.77. The summed E-state index contributed by atoms with van der Waals surface area (Å²) in [6.45, 7) is 4.02. The van der Waals surface area contributed by atoms with Gasteiger partial charge in [-0.3, -0.25) is 0 Å². The van der Waals surface area contributed by atoms with E-state index < -0.39 is 0 Å². The zero-order chi connectivity index (χ0) is 14.7. The lowest BCUT2D eigenvalue weighted by Gasteiger charge is -2.18. The number of aromatic nitrogens is 2. The van der Waals surface area contributed by atoms with Crippen LogP contribution in [0.3, 0.4) is 0 Å². The maximum Gasteiger partial charge on any atom is 0.226 e. The molecule has 0 amide bonds. The van der Waals surface area contributed by atoms with Gasteiger partial charge < -0.3 is 15.7 Å². The second kappa shape index (κ2) is 6.58. The molecule has 5 nitrogen and oxygen atoms in total. The number of hydrogen-bond donors (Lipinski definition) is 3. The molecule has 2 atom stereocenters. The molecule has 2 aromatic heterocycles.